The second-order valence-corrected chi connectivity index (χ2v) is 2.89. The van der Waals surface area contributed by atoms with Gasteiger partial charge < -0.3 is 0 Å². The Kier molecular flexibility index (Phi) is 4.47. The molecule has 0 aliphatic heterocycles. The van der Waals surface area contributed by atoms with Gasteiger partial charge in [-0.25, -0.2) is 0 Å². The lowest BCUT2D eigenvalue weighted by atomic mass is 9.98. The van der Waals surface area contributed by atoms with E-state index >= 15 is 0 Å². The van der Waals surface area contributed by atoms with Crippen LogP contribution in [0, 0.1) is 5.92 Å². The molecule has 0 spiro atoms. The number of hydrogen-bond donors (Lipinski definition) is 0. The van der Waals surface area contributed by atoms with Crippen LogP contribution in [0.3, 0.4) is 0 Å². The van der Waals surface area contributed by atoms with Gasteiger partial charge in [-0.1, -0.05) is 38.8 Å². The summed E-state index contributed by atoms with van der Waals surface area (Å²) in [6.45, 7) is 10.5. The second-order valence-electron chi connectivity index (χ2n) is 2.89. The molecule has 0 heterocycles. The fourth-order valence-electron chi connectivity index (χ4n) is 0.757. The van der Waals surface area contributed by atoms with Crippen LogP contribution >= 0.6 is 0 Å². The van der Waals surface area contributed by atoms with Gasteiger partial charge in [0, 0.05) is 0 Å². The number of unbranched alkanes of at least 4 members (excludes halogenated alkanes) is 1. The molecule has 0 aromatic carbocycles. The van der Waals surface area contributed by atoms with E-state index in [1.807, 2.05) is 0 Å². The highest BCUT2D eigenvalue weighted by molar-refractivity contribution is 4.93. The summed E-state index contributed by atoms with van der Waals surface area (Å²) in [6.07, 6.45) is 3.96. The molecule has 0 aliphatic rings. The minimum Gasteiger partial charge on any atom is -0.0999 e. The Labute approximate surface area is 59.0 Å². The summed E-state index contributed by atoms with van der Waals surface area (Å²) < 4.78 is 0. The maximum Gasteiger partial charge on any atom is -0.0237 e. The topological polar surface area (TPSA) is 0 Å². The fourth-order valence-corrected chi connectivity index (χ4v) is 0.757. The summed E-state index contributed by atoms with van der Waals surface area (Å²) in [7, 11) is 0. The average molecular weight is 126 g/mol. The summed E-state index contributed by atoms with van der Waals surface area (Å²) in [5.74, 6) is 0.727. The first kappa shape index (κ1) is 8.74. The van der Waals surface area contributed by atoms with Crippen molar-refractivity contribution in [1.82, 2.24) is 0 Å². The van der Waals surface area contributed by atoms with Crippen LogP contribution in [0.1, 0.15) is 40.0 Å². The minimum atomic E-state index is 0.727. The minimum absolute atomic E-state index is 0.727. The van der Waals surface area contributed by atoms with E-state index < -0.39 is 0 Å². The lowest BCUT2D eigenvalue weighted by Crippen LogP contribution is -1.93. The number of allylic oxidation sites excluding steroid dienone is 1. The monoisotopic (exact) mass is 126 g/mol. The molecule has 0 aromatic rings. The molecule has 0 aliphatic carbocycles. The molecule has 0 unspecified atom stereocenters. The molecule has 54 valence electrons. The van der Waals surface area contributed by atoms with Gasteiger partial charge >= 0.3 is 0 Å². The van der Waals surface area contributed by atoms with Crippen molar-refractivity contribution in [3.8, 4) is 0 Å². The highest BCUT2D eigenvalue weighted by atomic mass is 14.0. The SMILES string of the molecule is C=C(C)[C@@H](C)CCCC. The van der Waals surface area contributed by atoms with Gasteiger partial charge in [-0.15, -0.1) is 0 Å². The van der Waals surface area contributed by atoms with Gasteiger partial charge in [0.1, 0.15) is 0 Å². The Morgan fingerprint density at radius 1 is 1.56 bits per heavy atom. The maximum absolute atomic E-state index is 3.91. The molecule has 0 radical (unpaired) electrons. The van der Waals surface area contributed by atoms with Crippen molar-refractivity contribution >= 4 is 0 Å². The summed E-state index contributed by atoms with van der Waals surface area (Å²) in [4.78, 5) is 0. The van der Waals surface area contributed by atoms with Gasteiger partial charge in [-0.2, -0.15) is 0 Å². The molecule has 0 amide bonds. The highest BCUT2D eigenvalue weighted by Gasteiger charge is 1.99. The number of hydrogen-bond acceptors (Lipinski definition) is 0. The Hall–Kier alpha value is -0.260. The first-order valence-corrected chi connectivity index (χ1v) is 3.83. The Bertz CT molecular complexity index is 82.0. The van der Waals surface area contributed by atoms with Gasteiger partial charge in [0.2, 0.25) is 0 Å². The third-order valence-electron chi connectivity index (χ3n) is 1.83. The predicted molar refractivity (Wildman–Crippen MR) is 43.5 cm³/mol. The van der Waals surface area contributed by atoms with Crippen molar-refractivity contribution < 1.29 is 0 Å². The van der Waals surface area contributed by atoms with E-state index in [9.17, 15) is 0 Å². The quantitative estimate of drug-likeness (QED) is 0.506. The van der Waals surface area contributed by atoms with Gasteiger partial charge in [-0.05, 0) is 19.3 Å². The third kappa shape index (κ3) is 4.26. The van der Waals surface area contributed by atoms with Gasteiger partial charge in [-0.3, -0.25) is 0 Å². The summed E-state index contributed by atoms with van der Waals surface area (Å²) in [5, 5.41) is 0. The lowest BCUT2D eigenvalue weighted by Gasteiger charge is -2.08. The van der Waals surface area contributed by atoms with Crippen molar-refractivity contribution in [3.05, 3.63) is 12.2 Å². The van der Waals surface area contributed by atoms with Gasteiger partial charge in [0.05, 0.1) is 0 Å². The van der Waals surface area contributed by atoms with Crippen LogP contribution in [0.15, 0.2) is 12.2 Å². The van der Waals surface area contributed by atoms with Crippen molar-refractivity contribution in [2.75, 3.05) is 0 Å². The van der Waals surface area contributed by atoms with Crippen LogP contribution in [-0.4, -0.2) is 0 Å². The molecule has 0 fully saturated rings. The zero-order valence-electron chi connectivity index (χ0n) is 6.91. The highest BCUT2D eigenvalue weighted by Crippen LogP contribution is 2.14. The van der Waals surface area contributed by atoms with E-state index in [2.05, 4.69) is 27.4 Å². The zero-order chi connectivity index (χ0) is 7.28. The van der Waals surface area contributed by atoms with E-state index in [0.717, 1.165) is 5.92 Å². The third-order valence-corrected chi connectivity index (χ3v) is 1.83. The van der Waals surface area contributed by atoms with Crippen molar-refractivity contribution in [2.45, 2.75) is 40.0 Å². The van der Waals surface area contributed by atoms with Crippen LogP contribution in [0.25, 0.3) is 0 Å². The fraction of sp³-hybridized carbons (Fsp3) is 0.778. The second kappa shape index (κ2) is 4.60. The molecule has 0 bridgehead atoms. The molecular formula is C9H18. The zero-order valence-corrected chi connectivity index (χ0v) is 6.91. The summed E-state index contributed by atoms with van der Waals surface area (Å²) >= 11 is 0. The van der Waals surface area contributed by atoms with Crippen molar-refractivity contribution in [1.29, 1.82) is 0 Å². The largest absolute Gasteiger partial charge is 0.0999 e. The Balaban J connectivity index is 3.27. The molecule has 0 heteroatoms. The number of rotatable bonds is 4. The smallest absolute Gasteiger partial charge is 0.0237 e. The van der Waals surface area contributed by atoms with Crippen LogP contribution < -0.4 is 0 Å². The van der Waals surface area contributed by atoms with Crippen LogP contribution in [0.5, 0.6) is 0 Å². The summed E-state index contributed by atoms with van der Waals surface area (Å²) in [5.41, 5.74) is 1.32. The molecule has 1 atom stereocenters. The van der Waals surface area contributed by atoms with E-state index in [1.54, 1.807) is 0 Å². The molecule has 9 heavy (non-hydrogen) atoms. The van der Waals surface area contributed by atoms with Crippen molar-refractivity contribution in [2.24, 2.45) is 5.92 Å². The van der Waals surface area contributed by atoms with Crippen LogP contribution in [0.4, 0.5) is 0 Å². The summed E-state index contributed by atoms with van der Waals surface area (Å²) in [6, 6.07) is 0. The lowest BCUT2D eigenvalue weighted by molar-refractivity contribution is 0.573. The van der Waals surface area contributed by atoms with Gasteiger partial charge in [0.25, 0.3) is 0 Å². The molecular weight excluding hydrogens is 108 g/mol. The molecule has 0 N–H and O–H groups in total. The van der Waals surface area contributed by atoms with Crippen LogP contribution in [-0.2, 0) is 0 Å². The first-order valence-electron chi connectivity index (χ1n) is 3.83. The van der Waals surface area contributed by atoms with Crippen molar-refractivity contribution in [3.63, 3.8) is 0 Å². The Morgan fingerprint density at radius 2 is 2.11 bits per heavy atom. The molecule has 0 nitrogen and oxygen atoms in total. The maximum atomic E-state index is 3.91. The molecule has 0 saturated heterocycles. The van der Waals surface area contributed by atoms with E-state index in [0.29, 0.717) is 0 Å². The first-order chi connectivity index (χ1) is 4.18. The van der Waals surface area contributed by atoms with E-state index in [4.69, 9.17) is 0 Å². The molecule has 0 saturated carbocycles. The van der Waals surface area contributed by atoms with E-state index in [1.165, 1.54) is 24.8 Å². The predicted octanol–water partition coefficient (Wildman–Crippen LogP) is 3.39. The Morgan fingerprint density at radius 3 is 2.44 bits per heavy atom. The van der Waals surface area contributed by atoms with E-state index in [-0.39, 0.29) is 0 Å². The molecule has 0 aromatic heterocycles. The average Bonchev–Trinajstić information content (AvgIpc) is 1.82. The van der Waals surface area contributed by atoms with Crippen LogP contribution in [0.2, 0.25) is 0 Å². The van der Waals surface area contributed by atoms with Gasteiger partial charge in [0.15, 0.2) is 0 Å². The normalized spacial score (nSPS) is 13.2. The molecule has 0 rings (SSSR count). The standard InChI is InChI=1S/C9H18/c1-5-6-7-9(4)8(2)3/h9H,2,5-7H2,1,3-4H3/t9-/m0/s1.